The summed E-state index contributed by atoms with van der Waals surface area (Å²) in [5.74, 6) is 2.04. The van der Waals surface area contributed by atoms with Crippen LogP contribution in [0.5, 0.6) is 5.75 Å². The Morgan fingerprint density at radius 3 is 3.08 bits per heavy atom. The zero-order chi connectivity index (χ0) is 9.26. The molecule has 13 heavy (non-hydrogen) atoms. The maximum absolute atomic E-state index is 5.19. The summed E-state index contributed by atoms with van der Waals surface area (Å²) in [5, 5.41) is 0. The Labute approximate surface area is 82.9 Å². The van der Waals surface area contributed by atoms with Gasteiger partial charge in [-0.2, -0.15) is 0 Å². The third kappa shape index (κ3) is 1.81. The Kier molecular flexibility index (Phi) is 2.47. The molecule has 1 heterocycles. The number of ether oxygens (including phenoxy) is 1. The minimum atomic E-state index is 0.953. The maximum atomic E-state index is 5.19. The Morgan fingerprint density at radius 1 is 1.46 bits per heavy atom. The first kappa shape index (κ1) is 8.91. The van der Waals surface area contributed by atoms with Gasteiger partial charge in [-0.05, 0) is 30.8 Å². The van der Waals surface area contributed by atoms with E-state index < -0.39 is 0 Å². The van der Waals surface area contributed by atoms with Crippen molar-refractivity contribution in [1.29, 1.82) is 0 Å². The summed E-state index contributed by atoms with van der Waals surface area (Å²) in [7, 11) is 3.84. The van der Waals surface area contributed by atoms with E-state index in [1.54, 1.807) is 7.11 Å². The van der Waals surface area contributed by atoms with E-state index in [1.807, 2.05) is 17.8 Å². The molecule has 0 saturated heterocycles. The second kappa shape index (κ2) is 3.60. The van der Waals surface area contributed by atoms with Gasteiger partial charge in [0.15, 0.2) is 0 Å². The molecular formula is C10H13NOS. The van der Waals surface area contributed by atoms with Crippen LogP contribution in [0.1, 0.15) is 5.56 Å². The van der Waals surface area contributed by atoms with E-state index in [1.165, 1.54) is 10.5 Å². The summed E-state index contributed by atoms with van der Waals surface area (Å²) in [5.41, 5.74) is 1.37. The summed E-state index contributed by atoms with van der Waals surface area (Å²) in [6.07, 6.45) is 0. The Hall–Kier alpha value is -0.670. The highest BCUT2D eigenvalue weighted by molar-refractivity contribution is 7.99. The van der Waals surface area contributed by atoms with Gasteiger partial charge in [0.05, 0.1) is 7.11 Å². The van der Waals surface area contributed by atoms with Crippen molar-refractivity contribution in [2.75, 3.05) is 20.0 Å². The fourth-order valence-corrected chi connectivity index (χ4v) is 2.39. The highest BCUT2D eigenvalue weighted by Crippen LogP contribution is 2.31. The maximum Gasteiger partial charge on any atom is 0.119 e. The van der Waals surface area contributed by atoms with Crippen molar-refractivity contribution >= 4 is 11.8 Å². The summed E-state index contributed by atoms with van der Waals surface area (Å²) < 4.78 is 5.19. The molecule has 1 aliphatic rings. The Bertz CT molecular complexity index is 314. The van der Waals surface area contributed by atoms with E-state index in [9.17, 15) is 0 Å². The van der Waals surface area contributed by atoms with Gasteiger partial charge in [0.1, 0.15) is 5.75 Å². The standard InChI is InChI=1S/C10H13NOS/c1-11-6-8-5-9(12-2)3-4-10(8)13-7-11/h3-5H,6-7H2,1-2H3. The van der Waals surface area contributed by atoms with Gasteiger partial charge in [-0.1, -0.05) is 0 Å². The van der Waals surface area contributed by atoms with Crippen LogP contribution >= 0.6 is 11.8 Å². The minimum Gasteiger partial charge on any atom is -0.497 e. The molecule has 0 amide bonds. The van der Waals surface area contributed by atoms with Crippen molar-refractivity contribution in [1.82, 2.24) is 4.90 Å². The van der Waals surface area contributed by atoms with Crippen molar-refractivity contribution < 1.29 is 4.74 Å². The third-order valence-electron chi connectivity index (χ3n) is 2.15. The molecule has 0 bridgehead atoms. The number of benzene rings is 1. The average molecular weight is 195 g/mol. The van der Waals surface area contributed by atoms with Gasteiger partial charge >= 0.3 is 0 Å². The van der Waals surface area contributed by atoms with Crippen LogP contribution < -0.4 is 4.74 Å². The quantitative estimate of drug-likeness (QED) is 0.681. The largest absolute Gasteiger partial charge is 0.497 e. The lowest BCUT2D eigenvalue weighted by molar-refractivity contribution is 0.372. The molecule has 0 spiro atoms. The van der Waals surface area contributed by atoms with Crippen molar-refractivity contribution in [3.8, 4) is 5.75 Å². The van der Waals surface area contributed by atoms with Crippen LogP contribution in [-0.4, -0.2) is 24.9 Å². The number of rotatable bonds is 1. The van der Waals surface area contributed by atoms with Crippen LogP contribution in [0.4, 0.5) is 0 Å². The Morgan fingerprint density at radius 2 is 2.31 bits per heavy atom. The first-order chi connectivity index (χ1) is 6.29. The van der Waals surface area contributed by atoms with Crippen molar-refractivity contribution in [2.45, 2.75) is 11.4 Å². The normalized spacial score (nSPS) is 16.8. The van der Waals surface area contributed by atoms with Gasteiger partial charge in [-0.25, -0.2) is 0 Å². The lowest BCUT2D eigenvalue weighted by Crippen LogP contribution is -2.21. The molecule has 0 unspecified atom stereocenters. The van der Waals surface area contributed by atoms with Gasteiger partial charge in [0.2, 0.25) is 0 Å². The molecule has 70 valence electrons. The smallest absolute Gasteiger partial charge is 0.119 e. The first-order valence-electron chi connectivity index (χ1n) is 4.28. The second-order valence-corrected chi connectivity index (χ2v) is 4.25. The van der Waals surface area contributed by atoms with E-state index in [2.05, 4.69) is 24.1 Å². The third-order valence-corrected chi connectivity index (χ3v) is 3.43. The van der Waals surface area contributed by atoms with Gasteiger partial charge in [-0.15, -0.1) is 11.8 Å². The summed E-state index contributed by atoms with van der Waals surface area (Å²) in [6, 6.07) is 6.29. The molecule has 1 aromatic carbocycles. The topological polar surface area (TPSA) is 12.5 Å². The number of hydrogen-bond acceptors (Lipinski definition) is 3. The minimum absolute atomic E-state index is 0.953. The predicted molar refractivity (Wildman–Crippen MR) is 55.2 cm³/mol. The fourth-order valence-electron chi connectivity index (χ4n) is 1.46. The van der Waals surface area contributed by atoms with Gasteiger partial charge in [-0.3, -0.25) is 4.90 Å². The number of hydrogen-bond donors (Lipinski definition) is 0. The van der Waals surface area contributed by atoms with E-state index in [-0.39, 0.29) is 0 Å². The van der Waals surface area contributed by atoms with E-state index in [0.29, 0.717) is 0 Å². The fraction of sp³-hybridized carbons (Fsp3) is 0.400. The van der Waals surface area contributed by atoms with Crippen LogP contribution in [0.3, 0.4) is 0 Å². The number of thioether (sulfide) groups is 1. The highest BCUT2D eigenvalue weighted by atomic mass is 32.2. The second-order valence-electron chi connectivity index (χ2n) is 3.26. The van der Waals surface area contributed by atoms with Crippen molar-refractivity contribution in [3.05, 3.63) is 23.8 Å². The Balaban J connectivity index is 2.32. The monoisotopic (exact) mass is 195 g/mol. The molecule has 1 aromatic rings. The molecule has 0 fully saturated rings. The van der Waals surface area contributed by atoms with Crippen LogP contribution in [0.25, 0.3) is 0 Å². The first-order valence-corrected chi connectivity index (χ1v) is 5.26. The van der Waals surface area contributed by atoms with Crippen LogP contribution in [-0.2, 0) is 6.54 Å². The molecule has 1 aliphatic heterocycles. The molecule has 2 rings (SSSR count). The molecule has 0 aromatic heterocycles. The SMILES string of the molecule is COc1ccc2c(c1)CN(C)CS2. The molecule has 0 atom stereocenters. The van der Waals surface area contributed by atoms with Crippen LogP contribution in [0, 0.1) is 0 Å². The zero-order valence-corrected chi connectivity index (χ0v) is 8.73. The molecule has 2 nitrogen and oxygen atoms in total. The van der Waals surface area contributed by atoms with E-state index in [0.717, 1.165) is 18.2 Å². The summed E-state index contributed by atoms with van der Waals surface area (Å²) in [6.45, 7) is 1.03. The summed E-state index contributed by atoms with van der Waals surface area (Å²) >= 11 is 1.89. The van der Waals surface area contributed by atoms with Gasteiger partial charge < -0.3 is 4.74 Å². The molecule has 3 heteroatoms. The molecule has 0 aliphatic carbocycles. The number of fused-ring (bicyclic) bond motifs is 1. The molecule has 0 radical (unpaired) electrons. The lowest BCUT2D eigenvalue weighted by atomic mass is 10.2. The number of methoxy groups -OCH3 is 1. The molecular weight excluding hydrogens is 182 g/mol. The summed E-state index contributed by atoms with van der Waals surface area (Å²) in [4.78, 5) is 3.69. The van der Waals surface area contributed by atoms with Gasteiger partial charge in [0, 0.05) is 17.3 Å². The van der Waals surface area contributed by atoms with Gasteiger partial charge in [0.25, 0.3) is 0 Å². The van der Waals surface area contributed by atoms with Crippen molar-refractivity contribution in [2.24, 2.45) is 0 Å². The van der Waals surface area contributed by atoms with Crippen LogP contribution in [0.15, 0.2) is 23.1 Å². The lowest BCUT2D eigenvalue weighted by Gasteiger charge is -2.24. The highest BCUT2D eigenvalue weighted by Gasteiger charge is 2.13. The zero-order valence-electron chi connectivity index (χ0n) is 7.91. The molecule has 0 saturated carbocycles. The average Bonchev–Trinajstić information content (AvgIpc) is 2.16. The number of nitrogens with zero attached hydrogens (tertiary/aromatic N) is 1. The predicted octanol–water partition coefficient (Wildman–Crippen LogP) is 2.19. The molecule has 0 N–H and O–H groups in total. The van der Waals surface area contributed by atoms with E-state index >= 15 is 0 Å². The van der Waals surface area contributed by atoms with Crippen LogP contribution in [0.2, 0.25) is 0 Å². The van der Waals surface area contributed by atoms with Crippen molar-refractivity contribution in [3.63, 3.8) is 0 Å². The van der Waals surface area contributed by atoms with E-state index in [4.69, 9.17) is 4.74 Å².